The average molecular weight is 513 g/mol. The van der Waals surface area contributed by atoms with Crippen molar-refractivity contribution in [2.45, 2.75) is 45.4 Å². The summed E-state index contributed by atoms with van der Waals surface area (Å²) >= 11 is 0. The van der Waals surface area contributed by atoms with Gasteiger partial charge in [-0.25, -0.2) is 0 Å². The molecule has 0 saturated carbocycles. The Bertz CT molecular complexity index is 1150. The molecule has 3 aromatic rings. The molecule has 0 spiro atoms. The number of hydrogen-bond donors (Lipinski definition) is 0. The third-order valence-electron chi connectivity index (χ3n) is 5.08. The first-order valence-electron chi connectivity index (χ1n) is 12.1. The van der Waals surface area contributed by atoms with Crippen LogP contribution in [0, 0.1) is 22.9 Å². The van der Waals surface area contributed by atoms with E-state index < -0.39 is 30.8 Å². The molecule has 180 valence electrons. The molecule has 3 rings (SSSR count). The number of hydrogen-bond acceptors (Lipinski definition) is 2. The van der Waals surface area contributed by atoms with Gasteiger partial charge in [-0.15, -0.1) is 11.1 Å². The Morgan fingerprint density at radius 2 is 1.09 bits per heavy atom. The van der Waals surface area contributed by atoms with Crippen LogP contribution in [0.4, 0.5) is 0 Å². The second-order valence-corrected chi connectivity index (χ2v) is 23.0. The molecule has 0 heterocycles. The van der Waals surface area contributed by atoms with Gasteiger partial charge in [0.25, 0.3) is 0 Å². The topological polar surface area (TPSA) is 18.5 Å². The Hall–Kier alpha value is -2.65. The fourth-order valence-electron chi connectivity index (χ4n) is 3.51. The summed E-state index contributed by atoms with van der Waals surface area (Å²) in [6, 6.07) is 31.0. The van der Waals surface area contributed by atoms with E-state index in [0.29, 0.717) is 6.61 Å². The van der Waals surface area contributed by atoms with E-state index in [1.165, 1.54) is 0 Å². The Kier molecular flexibility index (Phi) is 9.13. The number of rotatable bonds is 7. The van der Waals surface area contributed by atoms with Crippen molar-refractivity contribution in [3.05, 3.63) is 96.6 Å². The lowest BCUT2D eigenvalue weighted by atomic mass is 10.1. The smallest absolute Gasteiger partial charge is 0.376 e. The summed E-state index contributed by atoms with van der Waals surface area (Å²) in [4.78, 5) is 0. The predicted octanol–water partition coefficient (Wildman–Crippen LogP) is 5.78. The van der Waals surface area contributed by atoms with Gasteiger partial charge < -0.3 is 8.85 Å². The molecule has 3 aromatic carbocycles. The highest BCUT2D eigenvalue weighted by molar-refractivity contribution is 6.92. The molecule has 0 amide bonds. The first-order chi connectivity index (χ1) is 16.6. The first kappa shape index (κ1) is 26.9. The average Bonchev–Trinajstić information content (AvgIpc) is 2.84. The van der Waals surface area contributed by atoms with Crippen molar-refractivity contribution in [1.82, 2.24) is 0 Å². The Balaban J connectivity index is 2.17. The maximum absolute atomic E-state index is 7.13. The van der Waals surface area contributed by atoms with Crippen molar-refractivity contribution in [3.8, 4) is 22.9 Å². The largest absolute Gasteiger partial charge is 0.409 e. The van der Waals surface area contributed by atoms with Gasteiger partial charge in [0.15, 0.2) is 0 Å². The lowest BCUT2D eigenvalue weighted by molar-refractivity contribution is 0.177. The maximum Gasteiger partial charge on any atom is 0.409 e. The molecule has 0 aromatic heterocycles. The molecule has 0 fully saturated rings. The zero-order valence-corrected chi connectivity index (χ0v) is 24.8. The molecule has 0 bridgehead atoms. The van der Waals surface area contributed by atoms with Crippen LogP contribution in [0.3, 0.4) is 0 Å². The normalized spacial score (nSPS) is 12.6. The Labute approximate surface area is 215 Å². The molecule has 2 nitrogen and oxygen atoms in total. The monoisotopic (exact) mass is 512 g/mol. The van der Waals surface area contributed by atoms with Crippen molar-refractivity contribution < 1.29 is 8.85 Å². The molecule has 0 aliphatic carbocycles. The lowest BCUT2D eigenvalue weighted by Gasteiger charge is -2.33. The van der Waals surface area contributed by atoms with Crippen LogP contribution in [0.2, 0.25) is 39.3 Å². The first-order valence-corrected chi connectivity index (χ1v) is 20.9. The lowest BCUT2D eigenvalue weighted by Crippen LogP contribution is -2.63. The minimum Gasteiger partial charge on any atom is -0.376 e. The van der Waals surface area contributed by atoms with Gasteiger partial charge in [0.1, 0.15) is 22.3 Å². The van der Waals surface area contributed by atoms with E-state index in [1.807, 2.05) is 54.6 Å². The molecule has 1 unspecified atom stereocenters. The van der Waals surface area contributed by atoms with E-state index in [9.17, 15) is 0 Å². The van der Waals surface area contributed by atoms with E-state index >= 15 is 0 Å². The summed E-state index contributed by atoms with van der Waals surface area (Å²) in [5.41, 5.74) is 8.02. The Morgan fingerprint density at radius 3 is 1.54 bits per heavy atom. The third-order valence-corrected chi connectivity index (χ3v) is 10.2. The van der Waals surface area contributed by atoms with E-state index in [-0.39, 0.29) is 0 Å². The van der Waals surface area contributed by atoms with Crippen LogP contribution in [0.25, 0.3) is 0 Å². The quantitative estimate of drug-likeness (QED) is 0.295. The van der Waals surface area contributed by atoms with E-state index in [2.05, 4.69) is 98.6 Å². The van der Waals surface area contributed by atoms with Gasteiger partial charge >= 0.3 is 8.56 Å². The molecule has 0 radical (unpaired) electrons. The molecule has 0 aliphatic heterocycles. The van der Waals surface area contributed by atoms with Gasteiger partial charge in [-0.2, -0.15) is 0 Å². The summed E-state index contributed by atoms with van der Waals surface area (Å²) in [5.74, 6) is 6.80. The molecule has 0 saturated heterocycles. The minimum absolute atomic E-state index is 0.323. The summed E-state index contributed by atoms with van der Waals surface area (Å²) in [6.45, 7) is 13.8. The zero-order valence-electron chi connectivity index (χ0n) is 21.8. The number of benzene rings is 3. The van der Waals surface area contributed by atoms with Crippen LogP contribution in [-0.4, -0.2) is 31.3 Å². The molecule has 35 heavy (non-hydrogen) atoms. The van der Waals surface area contributed by atoms with Gasteiger partial charge in [-0.3, -0.25) is 0 Å². The van der Waals surface area contributed by atoms with Gasteiger partial charge in [-0.1, -0.05) is 142 Å². The van der Waals surface area contributed by atoms with Crippen LogP contribution in [-0.2, 0) is 8.85 Å². The van der Waals surface area contributed by atoms with Crippen LogP contribution in [0.1, 0.15) is 11.7 Å². The van der Waals surface area contributed by atoms with E-state index in [1.54, 1.807) is 0 Å². The van der Waals surface area contributed by atoms with Crippen molar-refractivity contribution in [2.24, 2.45) is 0 Å². The third kappa shape index (κ3) is 8.21. The van der Waals surface area contributed by atoms with Crippen molar-refractivity contribution in [1.29, 1.82) is 0 Å². The van der Waals surface area contributed by atoms with Crippen molar-refractivity contribution >= 4 is 35.1 Å². The van der Waals surface area contributed by atoms with Gasteiger partial charge in [0.2, 0.25) is 0 Å². The molecule has 1 atom stereocenters. The SMILES string of the molecule is C[Si](C)(C)C#CCO[Si](OC(C#C[Si](C)(C)C)c1ccccc1)(c1ccccc1)c1ccccc1. The van der Waals surface area contributed by atoms with Crippen LogP contribution in [0.5, 0.6) is 0 Å². The fraction of sp³-hybridized carbons (Fsp3) is 0.267. The molecule has 0 aliphatic rings. The molecule has 5 heteroatoms. The van der Waals surface area contributed by atoms with Gasteiger partial charge in [0.05, 0.1) is 6.61 Å². The van der Waals surface area contributed by atoms with Gasteiger partial charge in [0, 0.05) is 0 Å². The maximum atomic E-state index is 7.13. The van der Waals surface area contributed by atoms with Crippen LogP contribution < -0.4 is 10.4 Å². The highest BCUT2D eigenvalue weighted by Crippen LogP contribution is 2.23. The zero-order chi connectivity index (χ0) is 25.4. The molecular formula is C30H36O2Si3. The van der Waals surface area contributed by atoms with E-state index in [0.717, 1.165) is 15.9 Å². The molecular weight excluding hydrogens is 477 g/mol. The minimum atomic E-state index is -3.16. The van der Waals surface area contributed by atoms with Crippen LogP contribution in [0.15, 0.2) is 91.0 Å². The summed E-state index contributed by atoms with van der Waals surface area (Å²) in [5, 5.41) is 2.11. The standard InChI is InChI=1S/C30H36O2Si3/c1-33(2,3)25-16-24-31-35(28-19-12-8-13-20-28,29-21-14-9-15-22-29)32-30(23-26-34(4,5)6)27-17-10-7-11-18-27/h7-15,17-22,30H,24H2,1-6H3. The Morgan fingerprint density at radius 1 is 0.629 bits per heavy atom. The van der Waals surface area contributed by atoms with Crippen molar-refractivity contribution in [2.75, 3.05) is 6.61 Å². The second-order valence-electron chi connectivity index (χ2n) is 10.6. The second kappa shape index (κ2) is 11.9. The molecule has 0 N–H and O–H groups in total. The highest BCUT2D eigenvalue weighted by Gasteiger charge is 2.45. The van der Waals surface area contributed by atoms with Gasteiger partial charge in [-0.05, 0) is 15.9 Å². The predicted molar refractivity (Wildman–Crippen MR) is 156 cm³/mol. The summed E-state index contributed by atoms with van der Waals surface area (Å²) in [7, 11) is -6.30. The summed E-state index contributed by atoms with van der Waals surface area (Å²) in [6.07, 6.45) is -0.403. The highest BCUT2D eigenvalue weighted by atomic mass is 28.4. The fourth-order valence-corrected chi connectivity index (χ4v) is 7.75. The van der Waals surface area contributed by atoms with E-state index in [4.69, 9.17) is 8.85 Å². The van der Waals surface area contributed by atoms with Crippen molar-refractivity contribution in [3.63, 3.8) is 0 Å². The summed E-state index contributed by atoms with van der Waals surface area (Å²) < 4.78 is 13.9. The van der Waals surface area contributed by atoms with Crippen LogP contribution >= 0.6 is 0 Å².